The standard InChI is InChI=1S/C16H25NO4/c1-4-6-10-17-16(19)12(3)21-15-13(11-18)8-7-9-14(15)20-5-2/h7-9,12,18H,4-6,10-11H2,1-3H3,(H,17,19). The van der Waals surface area contributed by atoms with Crippen LogP contribution in [0.25, 0.3) is 0 Å². The van der Waals surface area contributed by atoms with Gasteiger partial charge in [0.2, 0.25) is 0 Å². The summed E-state index contributed by atoms with van der Waals surface area (Å²) in [5.41, 5.74) is 0.606. The molecule has 21 heavy (non-hydrogen) atoms. The Morgan fingerprint density at radius 2 is 2.14 bits per heavy atom. The van der Waals surface area contributed by atoms with E-state index in [-0.39, 0.29) is 12.5 Å². The first kappa shape index (κ1) is 17.3. The van der Waals surface area contributed by atoms with Gasteiger partial charge in [0.05, 0.1) is 13.2 Å². The van der Waals surface area contributed by atoms with Crippen LogP contribution >= 0.6 is 0 Å². The Morgan fingerprint density at radius 1 is 1.38 bits per heavy atom. The quantitative estimate of drug-likeness (QED) is 0.686. The molecule has 1 aromatic carbocycles. The van der Waals surface area contributed by atoms with E-state index in [4.69, 9.17) is 9.47 Å². The molecule has 1 aromatic rings. The number of carbonyl (C=O) groups is 1. The maximum absolute atomic E-state index is 12.0. The minimum absolute atomic E-state index is 0.166. The predicted octanol–water partition coefficient (Wildman–Crippen LogP) is 2.26. The van der Waals surface area contributed by atoms with Gasteiger partial charge < -0.3 is 19.9 Å². The molecule has 5 heteroatoms. The molecule has 0 aliphatic carbocycles. The molecule has 1 amide bonds. The lowest BCUT2D eigenvalue weighted by molar-refractivity contribution is -0.127. The van der Waals surface area contributed by atoms with Crippen molar-refractivity contribution < 1.29 is 19.4 Å². The average molecular weight is 295 g/mol. The van der Waals surface area contributed by atoms with Crippen molar-refractivity contribution in [3.05, 3.63) is 23.8 Å². The first-order valence-electron chi connectivity index (χ1n) is 7.43. The van der Waals surface area contributed by atoms with Gasteiger partial charge >= 0.3 is 0 Å². The number of aliphatic hydroxyl groups is 1. The SMILES string of the molecule is CCCCNC(=O)C(C)Oc1c(CO)cccc1OCC. The van der Waals surface area contributed by atoms with Crippen molar-refractivity contribution in [2.24, 2.45) is 0 Å². The number of carbonyl (C=O) groups excluding carboxylic acids is 1. The van der Waals surface area contributed by atoms with Crippen LogP contribution in [0.1, 0.15) is 39.2 Å². The first-order valence-corrected chi connectivity index (χ1v) is 7.43. The van der Waals surface area contributed by atoms with Crippen LogP contribution in [0.4, 0.5) is 0 Å². The van der Waals surface area contributed by atoms with Gasteiger partial charge in [0.1, 0.15) is 0 Å². The Kier molecular flexibility index (Phi) is 7.61. The van der Waals surface area contributed by atoms with Gasteiger partial charge in [-0.2, -0.15) is 0 Å². The zero-order valence-corrected chi connectivity index (χ0v) is 13.0. The van der Waals surface area contributed by atoms with Crippen LogP contribution in [-0.4, -0.2) is 30.3 Å². The molecule has 0 fully saturated rings. The minimum atomic E-state index is -0.645. The van der Waals surface area contributed by atoms with Gasteiger partial charge in [-0.05, 0) is 26.3 Å². The predicted molar refractivity (Wildman–Crippen MR) is 81.5 cm³/mol. The van der Waals surface area contributed by atoms with Crippen molar-refractivity contribution in [2.75, 3.05) is 13.2 Å². The number of amides is 1. The molecule has 0 aromatic heterocycles. The molecule has 0 saturated carbocycles. The molecule has 1 rings (SSSR count). The van der Waals surface area contributed by atoms with E-state index in [2.05, 4.69) is 12.2 Å². The number of hydrogen-bond donors (Lipinski definition) is 2. The smallest absolute Gasteiger partial charge is 0.260 e. The Bertz CT molecular complexity index is 448. The molecule has 1 unspecified atom stereocenters. The van der Waals surface area contributed by atoms with Crippen molar-refractivity contribution in [1.82, 2.24) is 5.32 Å². The Balaban J connectivity index is 2.77. The Hall–Kier alpha value is -1.75. The number of unbranched alkanes of at least 4 members (excludes halogenated alkanes) is 1. The fourth-order valence-electron chi connectivity index (χ4n) is 1.85. The second kappa shape index (κ2) is 9.23. The van der Waals surface area contributed by atoms with E-state index in [1.165, 1.54) is 0 Å². The number of aliphatic hydroxyl groups excluding tert-OH is 1. The normalized spacial score (nSPS) is 11.8. The molecule has 118 valence electrons. The minimum Gasteiger partial charge on any atom is -0.490 e. The first-order chi connectivity index (χ1) is 10.1. The third-order valence-electron chi connectivity index (χ3n) is 3.02. The molecule has 0 bridgehead atoms. The molecule has 5 nitrogen and oxygen atoms in total. The maximum atomic E-state index is 12.0. The van der Waals surface area contributed by atoms with Crippen molar-refractivity contribution in [3.8, 4) is 11.5 Å². The zero-order valence-electron chi connectivity index (χ0n) is 13.0. The highest BCUT2D eigenvalue weighted by Crippen LogP contribution is 2.32. The fraction of sp³-hybridized carbons (Fsp3) is 0.562. The van der Waals surface area contributed by atoms with Gasteiger partial charge in [-0.15, -0.1) is 0 Å². The van der Waals surface area contributed by atoms with Crippen LogP contribution in [0.3, 0.4) is 0 Å². The van der Waals surface area contributed by atoms with Gasteiger partial charge in [-0.1, -0.05) is 25.5 Å². The van der Waals surface area contributed by atoms with Gasteiger partial charge in [0.15, 0.2) is 17.6 Å². The summed E-state index contributed by atoms with van der Waals surface area (Å²) in [7, 11) is 0. The van der Waals surface area contributed by atoms with Crippen LogP contribution in [0.5, 0.6) is 11.5 Å². The van der Waals surface area contributed by atoms with E-state index in [9.17, 15) is 9.90 Å². The molecule has 1 atom stereocenters. The van der Waals surface area contributed by atoms with E-state index < -0.39 is 6.10 Å². The summed E-state index contributed by atoms with van der Waals surface area (Å²) in [6.07, 6.45) is 1.32. The van der Waals surface area contributed by atoms with Crippen LogP contribution in [0.15, 0.2) is 18.2 Å². The van der Waals surface area contributed by atoms with Gasteiger partial charge in [0, 0.05) is 12.1 Å². The topological polar surface area (TPSA) is 67.8 Å². The summed E-state index contributed by atoms with van der Waals surface area (Å²) in [5.74, 6) is 0.802. The highest BCUT2D eigenvalue weighted by molar-refractivity contribution is 5.80. The highest BCUT2D eigenvalue weighted by Gasteiger charge is 2.18. The summed E-state index contributed by atoms with van der Waals surface area (Å²) >= 11 is 0. The van der Waals surface area contributed by atoms with Crippen molar-refractivity contribution >= 4 is 5.91 Å². The largest absolute Gasteiger partial charge is 0.490 e. The van der Waals surface area contributed by atoms with Crippen molar-refractivity contribution in [2.45, 2.75) is 46.3 Å². The molecule has 0 aliphatic heterocycles. The second-order valence-electron chi connectivity index (χ2n) is 4.74. The van der Waals surface area contributed by atoms with Crippen LogP contribution in [-0.2, 0) is 11.4 Å². The molecular formula is C16H25NO4. The van der Waals surface area contributed by atoms with Crippen molar-refractivity contribution in [1.29, 1.82) is 0 Å². The molecule has 0 heterocycles. The summed E-state index contributed by atoms with van der Waals surface area (Å²) in [4.78, 5) is 12.0. The monoisotopic (exact) mass is 295 g/mol. The lowest BCUT2D eigenvalue weighted by Crippen LogP contribution is -2.37. The number of nitrogens with one attached hydrogen (secondary N) is 1. The summed E-state index contributed by atoms with van der Waals surface area (Å²) < 4.78 is 11.2. The van der Waals surface area contributed by atoms with E-state index >= 15 is 0 Å². The van der Waals surface area contributed by atoms with Crippen LogP contribution in [0.2, 0.25) is 0 Å². The number of hydrogen-bond acceptors (Lipinski definition) is 4. The van der Waals surface area contributed by atoms with Crippen LogP contribution in [0, 0.1) is 0 Å². The zero-order chi connectivity index (χ0) is 15.7. The third kappa shape index (κ3) is 5.27. The van der Waals surface area contributed by atoms with Gasteiger partial charge in [0.25, 0.3) is 5.91 Å². The van der Waals surface area contributed by atoms with Crippen molar-refractivity contribution in [3.63, 3.8) is 0 Å². The summed E-state index contributed by atoms with van der Waals surface area (Å²) in [6.45, 7) is 6.59. The molecule has 2 N–H and O–H groups in total. The lowest BCUT2D eigenvalue weighted by atomic mass is 10.2. The van der Waals surface area contributed by atoms with Gasteiger partial charge in [-0.3, -0.25) is 4.79 Å². The Morgan fingerprint density at radius 3 is 2.76 bits per heavy atom. The van der Waals surface area contributed by atoms with Crippen LogP contribution < -0.4 is 14.8 Å². The molecule has 0 radical (unpaired) electrons. The van der Waals surface area contributed by atoms with E-state index in [1.807, 2.05) is 6.92 Å². The van der Waals surface area contributed by atoms with Gasteiger partial charge in [-0.25, -0.2) is 0 Å². The summed E-state index contributed by atoms with van der Waals surface area (Å²) in [6, 6.07) is 5.30. The van der Waals surface area contributed by atoms with E-state index in [1.54, 1.807) is 25.1 Å². The lowest BCUT2D eigenvalue weighted by Gasteiger charge is -2.19. The maximum Gasteiger partial charge on any atom is 0.260 e. The number of benzene rings is 1. The molecule has 0 spiro atoms. The molecule has 0 aliphatic rings. The molecular weight excluding hydrogens is 270 g/mol. The average Bonchev–Trinajstić information content (AvgIpc) is 2.49. The highest BCUT2D eigenvalue weighted by atomic mass is 16.5. The number of rotatable bonds is 9. The molecule has 0 saturated heterocycles. The fourth-order valence-corrected chi connectivity index (χ4v) is 1.85. The Labute approximate surface area is 126 Å². The number of para-hydroxylation sites is 1. The third-order valence-corrected chi connectivity index (χ3v) is 3.02. The number of ether oxygens (including phenoxy) is 2. The second-order valence-corrected chi connectivity index (χ2v) is 4.74. The van der Waals surface area contributed by atoms with E-state index in [0.717, 1.165) is 12.8 Å². The summed E-state index contributed by atoms with van der Waals surface area (Å²) in [5, 5.41) is 12.2. The van der Waals surface area contributed by atoms with E-state index in [0.29, 0.717) is 30.2 Å².